The lowest BCUT2D eigenvalue weighted by Crippen LogP contribution is -2.65. The summed E-state index contributed by atoms with van der Waals surface area (Å²) in [7, 11) is 4.05. The van der Waals surface area contributed by atoms with Gasteiger partial charge >= 0.3 is 5.97 Å². The van der Waals surface area contributed by atoms with E-state index in [1.807, 2.05) is 0 Å². The van der Waals surface area contributed by atoms with Crippen LogP contribution in [-0.4, -0.2) is 89.2 Å². The molecule has 4 aliphatic rings. The molecule has 3 aliphatic heterocycles. The number of rotatable bonds is 5. The lowest BCUT2D eigenvalue weighted by molar-refractivity contribution is -0.147. The molecule has 220 valence electrons. The van der Waals surface area contributed by atoms with Crippen LogP contribution in [0.3, 0.4) is 0 Å². The van der Waals surface area contributed by atoms with E-state index in [9.17, 15) is 34.2 Å². The van der Waals surface area contributed by atoms with Gasteiger partial charge in [0.05, 0.1) is 25.8 Å². The Morgan fingerprint density at radius 1 is 1.02 bits per heavy atom. The van der Waals surface area contributed by atoms with Crippen LogP contribution >= 0.6 is 0 Å². The monoisotopic (exact) mass is 578 g/mol. The Labute approximate surface area is 241 Å². The molecule has 0 saturated carbocycles. The summed E-state index contributed by atoms with van der Waals surface area (Å²) in [6.45, 7) is 5.58. The summed E-state index contributed by atoms with van der Waals surface area (Å²) in [6, 6.07) is -3.79. The highest BCUT2D eigenvalue weighted by Crippen LogP contribution is 2.55. The maximum atomic E-state index is 14.2. The smallest absolute Gasteiger partial charge is 0.333 e. The van der Waals surface area contributed by atoms with Crippen LogP contribution in [0, 0.1) is 6.92 Å². The van der Waals surface area contributed by atoms with Crippen molar-refractivity contribution in [3.63, 3.8) is 0 Å². The van der Waals surface area contributed by atoms with Crippen molar-refractivity contribution < 1.29 is 48.4 Å². The first-order chi connectivity index (χ1) is 19.8. The first-order valence-electron chi connectivity index (χ1n) is 13.1. The fraction of sp³-hybridized carbons (Fsp3) is 0.367. The largest absolute Gasteiger partial charge is 0.507 e. The number of esters is 1. The molecule has 2 bridgehead atoms. The highest BCUT2D eigenvalue weighted by Gasteiger charge is 2.58. The van der Waals surface area contributed by atoms with Crippen LogP contribution in [0.15, 0.2) is 45.9 Å². The molecule has 3 heterocycles. The van der Waals surface area contributed by atoms with Crippen molar-refractivity contribution in [3.05, 3.63) is 62.6 Å². The summed E-state index contributed by atoms with van der Waals surface area (Å²) in [5.41, 5.74) is 0.186. The summed E-state index contributed by atoms with van der Waals surface area (Å²) in [4.78, 5) is 70.5. The lowest BCUT2D eigenvalue weighted by Gasteiger charge is -2.52. The number of hydrogen-bond acceptors (Lipinski definition) is 11. The Hall–Kier alpha value is -4.71. The molecule has 1 fully saturated rings. The van der Waals surface area contributed by atoms with Crippen molar-refractivity contribution in [2.24, 2.45) is 0 Å². The third-order valence-corrected chi connectivity index (χ3v) is 8.42. The summed E-state index contributed by atoms with van der Waals surface area (Å²) in [5.74, 6) is -4.56. The number of amides is 1. The predicted octanol–water partition coefficient (Wildman–Crippen LogP) is 1.94. The van der Waals surface area contributed by atoms with Crippen molar-refractivity contribution in [1.29, 1.82) is 0 Å². The molecule has 3 atom stereocenters. The number of allylic oxidation sites excluding steroid dienone is 5. The molecule has 1 amide bonds. The highest BCUT2D eigenvalue weighted by molar-refractivity contribution is 6.27. The van der Waals surface area contributed by atoms with Gasteiger partial charge in [-0.1, -0.05) is 6.08 Å². The van der Waals surface area contributed by atoms with E-state index in [1.165, 1.54) is 64.0 Å². The Morgan fingerprint density at radius 3 is 2.29 bits per heavy atom. The van der Waals surface area contributed by atoms with Gasteiger partial charge in [-0.05, 0) is 40.8 Å². The minimum Gasteiger partial charge on any atom is -0.507 e. The van der Waals surface area contributed by atoms with E-state index in [-0.39, 0.29) is 56.2 Å². The number of benzene rings is 1. The van der Waals surface area contributed by atoms with Gasteiger partial charge in [0.15, 0.2) is 34.9 Å². The highest BCUT2D eigenvalue weighted by atomic mass is 16.5. The minimum absolute atomic E-state index is 0.0218. The molecule has 12 heteroatoms. The minimum atomic E-state index is -1.45. The van der Waals surface area contributed by atoms with Gasteiger partial charge in [0.25, 0.3) is 5.91 Å². The van der Waals surface area contributed by atoms with Crippen molar-refractivity contribution in [2.45, 2.75) is 45.8 Å². The first-order valence-corrected chi connectivity index (χ1v) is 13.1. The number of fused-ring (bicyclic) bond motifs is 6. The number of phenolic OH excluding ortho intramolecular Hbond substituents is 2. The van der Waals surface area contributed by atoms with Gasteiger partial charge in [-0.2, -0.15) is 0 Å². The predicted molar refractivity (Wildman–Crippen MR) is 146 cm³/mol. The zero-order valence-corrected chi connectivity index (χ0v) is 24.1. The number of ketones is 3. The molecule has 1 aromatic carbocycles. The van der Waals surface area contributed by atoms with Crippen LogP contribution in [0.5, 0.6) is 17.2 Å². The van der Waals surface area contributed by atoms with Crippen LogP contribution in [0.1, 0.15) is 48.3 Å². The third kappa shape index (κ3) is 3.67. The normalized spacial score (nSPS) is 23.9. The molecule has 0 aromatic heterocycles. The second kappa shape index (κ2) is 9.98. The van der Waals surface area contributed by atoms with E-state index in [1.54, 1.807) is 6.92 Å². The molecular formula is C30H30N2O10. The number of phenols is 2. The van der Waals surface area contributed by atoms with Crippen molar-refractivity contribution in [2.75, 3.05) is 27.9 Å². The van der Waals surface area contributed by atoms with Gasteiger partial charge in [0, 0.05) is 39.1 Å². The summed E-state index contributed by atoms with van der Waals surface area (Å²) in [5, 5.41) is 22.4. The van der Waals surface area contributed by atoms with Gasteiger partial charge < -0.3 is 29.3 Å². The Morgan fingerprint density at radius 2 is 1.69 bits per heavy atom. The van der Waals surface area contributed by atoms with E-state index in [4.69, 9.17) is 14.2 Å². The average Bonchev–Trinajstić information content (AvgIpc) is 2.96. The second-order valence-electron chi connectivity index (χ2n) is 10.5. The summed E-state index contributed by atoms with van der Waals surface area (Å²) >= 11 is 0. The number of carbonyl (C=O) groups is 5. The molecule has 0 radical (unpaired) electrons. The quantitative estimate of drug-likeness (QED) is 0.173. The fourth-order valence-electron chi connectivity index (χ4n) is 6.18. The topological polar surface area (TPSA) is 160 Å². The van der Waals surface area contributed by atoms with Crippen molar-refractivity contribution >= 4 is 29.2 Å². The number of nitrogens with zero attached hydrogens (tertiary/aromatic N) is 2. The van der Waals surface area contributed by atoms with Crippen molar-refractivity contribution in [1.82, 2.24) is 9.80 Å². The number of hydrogen-bond donors (Lipinski definition) is 2. The number of likely N-dealkylation sites (N-methyl/N-ethyl adjacent to an activating group) is 1. The SMILES string of the molecule is CC=C(C)C(=O)OCC1C2=C(C=C3C4c5c(O)c(OC)c(C)c(O)c5C(=O)C(C(=O)N31)N4C)C(=O)C(C)=C(OC)C2=O. The zero-order chi connectivity index (χ0) is 30.9. The molecule has 2 N–H and O–H groups in total. The summed E-state index contributed by atoms with van der Waals surface area (Å²) in [6.07, 6.45) is 2.91. The zero-order valence-electron chi connectivity index (χ0n) is 24.1. The van der Waals surface area contributed by atoms with E-state index in [2.05, 4.69) is 0 Å². The van der Waals surface area contributed by atoms with E-state index >= 15 is 0 Å². The number of ether oxygens (including phenoxy) is 3. The number of Topliss-reactive ketones (excluding diaryl/α,β-unsaturated/α-hetero) is 3. The van der Waals surface area contributed by atoms with E-state index < -0.39 is 65.5 Å². The fourth-order valence-corrected chi connectivity index (χ4v) is 6.18. The van der Waals surface area contributed by atoms with Gasteiger partial charge in [-0.25, -0.2) is 4.79 Å². The van der Waals surface area contributed by atoms with Gasteiger partial charge in [-0.3, -0.25) is 24.1 Å². The molecule has 3 unspecified atom stereocenters. The second-order valence-corrected chi connectivity index (χ2v) is 10.5. The molecule has 12 nitrogen and oxygen atoms in total. The number of carbonyl (C=O) groups excluding carboxylic acids is 5. The van der Waals surface area contributed by atoms with Crippen LogP contribution < -0.4 is 4.74 Å². The van der Waals surface area contributed by atoms with Gasteiger partial charge in [0.2, 0.25) is 5.78 Å². The number of aromatic hydroxyl groups is 2. The van der Waals surface area contributed by atoms with Crippen LogP contribution in [-0.2, 0) is 28.7 Å². The molecule has 0 spiro atoms. The molecule has 42 heavy (non-hydrogen) atoms. The Kier molecular flexibility index (Phi) is 6.85. The van der Waals surface area contributed by atoms with E-state index in [0.717, 1.165) is 0 Å². The van der Waals surface area contributed by atoms with Crippen LogP contribution in [0.4, 0.5) is 0 Å². The standard InChI is InChI=1S/C30H30N2O10/c1-8-11(2)30(39)42-10-16-17-14(22(33)12(3)27(40-6)25(17)36)9-15-20-18-19(23(34)13(4)28(41-7)26(18)37)24(35)21(31(20)5)29(38)32(15)16/h8-9,16,20-21,34,37H,10H2,1-7H3. The van der Waals surface area contributed by atoms with Crippen LogP contribution in [0.2, 0.25) is 0 Å². The van der Waals surface area contributed by atoms with Gasteiger partial charge in [0.1, 0.15) is 18.4 Å². The number of methoxy groups -OCH3 is 2. The van der Waals surface area contributed by atoms with Gasteiger partial charge in [-0.15, -0.1) is 0 Å². The maximum Gasteiger partial charge on any atom is 0.333 e. The maximum absolute atomic E-state index is 14.2. The Bertz CT molecular complexity index is 1640. The first kappa shape index (κ1) is 28.8. The Balaban J connectivity index is 1.79. The molecule has 1 saturated heterocycles. The van der Waals surface area contributed by atoms with E-state index in [0.29, 0.717) is 0 Å². The average molecular weight is 579 g/mol. The van der Waals surface area contributed by atoms with Crippen molar-refractivity contribution in [3.8, 4) is 17.2 Å². The third-order valence-electron chi connectivity index (χ3n) is 8.42. The van der Waals surface area contributed by atoms with Crippen LogP contribution in [0.25, 0.3) is 0 Å². The molecule has 5 rings (SSSR count). The summed E-state index contributed by atoms with van der Waals surface area (Å²) < 4.78 is 16.1. The molecular weight excluding hydrogens is 548 g/mol. The number of piperazine rings is 1. The lowest BCUT2D eigenvalue weighted by atomic mass is 9.75. The molecule has 1 aliphatic carbocycles. The molecule has 1 aromatic rings.